The van der Waals surface area contributed by atoms with Crippen LogP contribution < -0.4 is 14.8 Å². The van der Waals surface area contributed by atoms with Crippen LogP contribution in [0.15, 0.2) is 12.1 Å². The number of ether oxygens (including phenoxy) is 2. The van der Waals surface area contributed by atoms with Crippen molar-refractivity contribution in [3.63, 3.8) is 0 Å². The average molecular weight is 344 g/mol. The summed E-state index contributed by atoms with van der Waals surface area (Å²) in [4.78, 5) is 11.7. The molecule has 0 unspecified atom stereocenters. The number of fused-ring (bicyclic) bond motifs is 1. The Bertz CT molecular complexity index is 510. The van der Waals surface area contributed by atoms with Crippen molar-refractivity contribution >= 4 is 29.3 Å². The minimum absolute atomic E-state index is 0.0823. The molecule has 0 fully saturated rings. The van der Waals surface area contributed by atoms with Crippen molar-refractivity contribution in [3.05, 3.63) is 22.7 Å². The fourth-order valence-corrected chi connectivity index (χ4v) is 3.16. The molecule has 1 aromatic carbocycles. The molecular formula is C16H22ClNO3S. The van der Waals surface area contributed by atoms with Gasteiger partial charge in [0.2, 0.25) is 5.91 Å². The fourth-order valence-electron chi connectivity index (χ4n) is 2.08. The SMILES string of the molecule is CCCCNC(=O)CSCc1cc(Cl)c2c(c1)OCCCO2. The van der Waals surface area contributed by atoms with Crippen LogP contribution in [0.5, 0.6) is 11.5 Å². The number of carbonyl (C=O) groups is 1. The second-order valence-corrected chi connectivity index (χ2v) is 6.54. The summed E-state index contributed by atoms with van der Waals surface area (Å²) in [6, 6.07) is 3.84. The van der Waals surface area contributed by atoms with E-state index < -0.39 is 0 Å². The minimum atomic E-state index is 0.0823. The van der Waals surface area contributed by atoms with Crippen molar-refractivity contribution in [2.24, 2.45) is 0 Å². The standard InChI is InChI=1S/C16H22ClNO3S/c1-2-3-5-18-15(19)11-22-10-12-8-13(17)16-14(9-12)20-6-4-7-21-16/h8-9H,2-7,10-11H2,1H3,(H,18,19). The summed E-state index contributed by atoms with van der Waals surface area (Å²) in [5, 5.41) is 3.48. The lowest BCUT2D eigenvalue weighted by Crippen LogP contribution is -2.26. The summed E-state index contributed by atoms with van der Waals surface area (Å²) >= 11 is 7.82. The molecular weight excluding hydrogens is 322 g/mol. The number of carbonyl (C=O) groups excluding carboxylic acids is 1. The first-order chi connectivity index (χ1) is 10.7. The fraction of sp³-hybridized carbons (Fsp3) is 0.562. The number of nitrogens with one attached hydrogen (secondary N) is 1. The molecule has 22 heavy (non-hydrogen) atoms. The van der Waals surface area contributed by atoms with Gasteiger partial charge in [-0.1, -0.05) is 24.9 Å². The predicted octanol–water partition coefficient (Wildman–Crippen LogP) is 3.65. The van der Waals surface area contributed by atoms with Gasteiger partial charge in [-0.15, -0.1) is 11.8 Å². The van der Waals surface area contributed by atoms with Crippen LogP contribution in [0.1, 0.15) is 31.7 Å². The number of halogens is 1. The van der Waals surface area contributed by atoms with E-state index in [0.717, 1.165) is 37.1 Å². The molecule has 0 atom stereocenters. The number of benzene rings is 1. The molecule has 1 aliphatic heterocycles. The van der Waals surface area contributed by atoms with Gasteiger partial charge in [-0.3, -0.25) is 4.79 Å². The highest BCUT2D eigenvalue weighted by Crippen LogP contribution is 2.38. The lowest BCUT2D eigenvalue weighted by atomic mass is 10.2. The molecule has 0 bridgehead atoms. The Morgan fingerprint density at radius 3 is 3.00 bits per heavy atom. The zero-order valence-electron chi connectivity index (χ0n) is 12.8. The molecule has 1 N–H and O–H groups in total. The molecule has 0 radical (unpaired) electrons. The normalized spacial score (nSPS) is 13.5. The smallest absolute Gasteiger partial charge is 0.230 e. The van der Waals surface area contributed by atoms with E-state index in [1.807, 2.05) is 12.1 Å². The zero-order valence-corrected chi connectivity index (χ0v) is 14.4. The lowest BCUT2D eigenvalue weighted by molar-refractivity contribution is -0.118. The van der Waals surface area contributed by atoms with E-state index in [2.05, 4.69) is 12.2 Å². The first kappa shape index (κ1) is 17.3. The summed E-state index contributed by atoms with van der Waals surface area (Å²) in [6.07, 6.45) is 2.96. The highest BCUT2D eigenvalue weighted by atomic mass is 35.5. The van der Waals surface area contributed by atoms with Gasteiger partial charge in [-0.2, -0.15) is 0 Å². The Labute approximate surface area is 140 Å². The van der Waals surface area contributed by atoms with Gasteiger partial charge in [0.25, 0.3) is 0 Å². The first-order valence-electron chi connectivity index (χ1n) is 7.63. The lowest BCUT2D eigenvalue weighted by Gasteiger charge is -2.11. The molecule has 4 nitrogen and oxygen atoms in total. The zero-order chi connectivity index (χ0) is 15.8. The second-order valence-electron chi connectivity index (χ2n) is 5.15. The highest BCUT2D eigenvalue weighted by Gasteiger charge is 2.15. The molecule has 0 spiro atoms. The van der Waals surface area contributed by atoms with Gasteiger partial charge >= 0.3 is 0 Å². The Morgan fingerprint density at radius 2 is 2.18 bits per heavy atom. The van der Waals surface area contributed by atoms with Gasteiger partial charge in [0, 0.05) is 18.7 Å². The Balaban J connectivity index is 1.84. The molecule has 6 heteroatoms. The van der Waals surface area contributed by atoms with Crippen LogP contribution in [0.4, 0.5) is 0 Å². The molecule has 0 saturated heterocycles. The Morgan fingerprint density at radius 1 is 1.36 bits per heavy atom. The van der Waals surface area contributed by atoms with Crippen LogP contribution in [0.3, 0.4) is 0 Å². The maximum atomic E-state index is 11.7. The van der Waals surface area contributed by atoms with Crippen LogP contribution in [-0.4, -0.2) is 31.4 Å². The van der Waals surface area contributed by atoms with E-state index in [-0.39, 0.29) is 5.91 Å². The van der Waals surface area contributed by atoms with Gasteiger partial charge in [0.1, 0.15) is 0 Å². The molecule has 1 amide bonds. The third-order valence-corrected chi connectivity index (χ3v) is 4.50. The van der Waals surface area contributed by atoms with Crippen LogP contribution in [0, 0.1) is 0 Å². The molecule has 122 valence electrons. The van der Waals surface area contributed by atoms with E-state index >= 15 is 0 Å². The van der Waals surface area contributed by atoms with E-state index in [0.29, 0.717) is 35.5 Å². The van der Waals surface area contributed by atoms with Gasteiger partial charge in [0.15, 0.2) is 11.5 Å². The van der Waals surface area contributed by atoms with Gasteiger partial charge < -0.3 is 14.8 Å². The number of unbranched alkanes of at least 4 members (excludes halogenated alkanes) is 1. The summed E-state index contributed by atoms with van der Waals surface area (Å²) in [5.41, 5.74) is 1.04. The van der Waals surface area contributed by atoms with Crippen LogP contribution in [0.2, 0.25) is 5.02 Å². The monoisotopic (exact) mass is 343 g/mol. The average Bonchev–Trinajstić information content (AvgIpc) is 2.73. The first-order valence-corrected chi connectivity index (χ1v) is 9.16. The molecule has 1 aliphatic rings. The molecule has 2 rings (SSSR count). The van der Waals surface area contributed by atoms with Crippen molar-refractivity contribution in [1.29, 1.82) is 0 Å². The summed E-state index contributed by atoms with van der Waals surface area (Å²) in [7, 11) is 0. The quantitative estimate of drug-likeness (QED) is 0.768. The number of hydrogen-bond acceptors (Lipinski definition) is 4. The van der Waals surface area contributed by atoms with Gasteiger partial charge in [-0.25, -0.2) is 0 Å². The van der Waals surface area contributed by atoms with E-state index in [9.17, 15) is 4.79 Å². The number of amides is 1. The third-order valence-electron chi connectivity index (χ3n) is 3.22. The van der Waals surface area contributed by atoms with E-state index in [1.165, 1.54) is 0 Å². The van der Waals surface area contributed by atoms with Crippen molar-refractivity contribution < 1.29 is 14.3 Å². The number of rotatable bonds is 7. The largest absolute Gasteiger partial charge is 0.489 e. The van der Waals surface area contributed by atoms with Crippen molar-refractivity contribution in [2.45, 2.75) is 31.9 Å². The summed E-state index contributed by atoms with van der Waals surface area (Å²) in [6.45, 7) is 4.12. The van der Waals surface area contributed by atoms with Gasteiger partial charge in [-0.05, 0) is 24.1 Å². The van der Waals surface area contributed by atoms with E-state index in [4.69, 9.17) is 21.1 Å². The van der Waals surface area contributed by atoms with Crippen molar-refractivity contribution in [2.75, 3.05) is 25.5 Å². The minimum Gasteiger partial charge on any atom is -0.489 e. The third kappa shape index (κ3) is 5.29. The van der Waals surface area contributed by atoms with Crippen LogP contribution in [-0.2, 0) is 10.5 Å². The molecule has 0 aromatic heterocycles. The topological polar surface area (TPSA) is 47.6 Å². The highest BCUT2D eigenvalue weighted by molar-refractivity contribution is 7.99. The summed E-state index contributed by atoms with van der Waals surface area (Å²) in [5.74, 6) is 2.59. The van der Waals surface area contributed by atoms with Crippen LogP contribution >= 0.6 is 23.4 Å². The number of hydrogen-bond donors (Lipinski definition) is 1. The molecule has 1 aromatic rings. The molecule has 0 saturated carbocycles. The Hall–Kier alpha value is -1.07. The van der Waals surface area contributed by atoms with Gasteiger partial charge in [0.05, 0.1) is 24.0 Å². The Kier molecular flexibility index (Phi) is 7.19. The van der Waals surface area contributed by atoms with Crippen LogP contribution in [0.25, 0.3) is 0 Å². The maximum absolute atomic E-state index is 11.7. The second kappa shape index (κ2) is 9.16. The maximum Gasteiger partial charge on any atom is 0.230 e. The molecule has 1 heterocycles. The van der Waals surface area contributed by atoms with Crippen molar-refractivity contribution in [3.8, 4) is 11.5 Å². The summed E-state index contributed by atoms with van der Waals surface area (Å²) < 4.78 is 11.3. The number of thioether (sulfide) groups is 1. The molecule has 0 aliphatic carbocycles. The van der Waals surface area contributed by atoms with E-state index in [1.54, 1.807) is 11.8 Å². The predicted molar refractivity (Wildman–Crippen MR) is 91.1 cm³/mol. The van der Waals surface area contributed by atoms with Crippen molar-refractivity contribution in [1.82, 2.24) is 5.32 Å².